The summed E-state index contributed by atoms with van der Waals surface area (Å²) in [4.78, 5) is 36.6. The minimum Gasteiger partial charge on any atom is -0.459 e. The maximum Gasteiger partial charge on any atom is 0.343 e. The van der Waals surface area contributed by atoms with Crippen LogP contribution in [0.15, 0.2) is 72.5 Å². The Hall–Kier alpha value is -3.29. The van der Waals surface area contributed by atoms with E-state index < -0.39 is 30.1 Å². The van der Waals surface area contributed by atoms with Crippen molar-refractivity contribution in [1.82, 2.24) is 0 Å². The van der Waals surface area contributed by atoms with Gasteiger partial charge in [-0.15, -0.1) is 0 Å². The van der Waals surface area contributed by atoms with Gasteiger partial charge in [0.25, 0.3) is 5.78 Å². The van der Waals surface area contributed by atoms with Crippen LogP contribution >= 0.6 is 0 Å². The molecule has 0 aromatic heterocycles. The Balaban J connectivity index is 1.69. The zero-order chi connectivity index (χ0) is 19.9. The molecule has 1 aliphatic rings. The van der Waals surface area contributed by atoms with Crippen LogP contribution in [0, 0.1) is 0 Å². The Kier molecular flexibility index (Phi) is 6.31. The van der Waals surface area contributed by atoms with E-state index in [-0.39, 0.29) is 12.4 Å². The maximum absolute atomic E-state index is 12.3. The molecule has 7 heteroatoms. The summed E-state index contributed by atoms with van der Waals surface area (Å²) < 4.78 is 20.9. The van der Waals surface area contributed by atoms with E-state index in [2.05, 4.69) is 0 Å². The van der Waals surface area contributed by atoms with Gasteiger partial charge in [0.1, 0.15) is 12.7 Å². The first kappa shape index (κ1) is 19.5. The topological polar surface area (TPSA) is 88.1 Å². The summed E-state index contributed by atoms with van der Waals surface area (Å²) in [6, 6.07) is 16.7. The first-order valence-corrected chi connectivity index (χ1v) is 8.52. The fraction of sp³-hybridized carbons (Fsp3) is 0.190. The summed E-state index contributed by atoms with van der Waals surface area (Å²) in [5.41, 5.74) is 0.682. The highest BCUT2D eigenvalue weighted by Crippen LogP contribution is 2.20. The average molecular weight is 382 g/mol. The average Bonchev–Trinajstić information content (AvgIpc) is 2.75. The summed E-state index contributed by atoms with van der Waals surface area (Å²) in [7, 11) is 1.29. The first-order valence-electron chi connectivity index (χ1n) is 8.52. The Bertz CT molecular complexity index is 874. The van der Waals surface area contributed by atoms with Gasteiger partial charge in [0.05, 0.1) is 11.1 Å². The van der Waals surface area contributed by atoms with Crippen molar-refractivity contribution < 1.29 is 33.3 Å². The van der Waals surface area contributed by atoms with Gasteiger partial charge in [-0.2, -0.15) is 0 Å². The number of Topliss-reactive ketones (excluding diaryl/α,β-unsaturated/α-hetero) is 1. The summed E-state index contributed by atoms with van der Waals surface area (Å²) in [6.07, 6.45) is -0.769. The second-order valence-electron chi connectivity index (χ2n) is 5.86. The highest BCUT2D eigenvalue weighted by molar-refractivity contribution is 6.01. The highest BCUT2D eigenvalue weighted by atomic mass is 16.7. The largest absolute Gasteiger partial charge is 0.459 e. The molecule has 0 aliphatic carbocycles. The van der Waals surface area contributed by atoms with Crippen LogP contribution in [-0.2, 0) is 23.7 Å². The quantitative estimate of drug-likeness (QED) is 0.710. The van der Waals surface area contributed by atoms with Crippen LogP contribution < -0.4 is 0 Å². The number of methoxy groups -OCH3 is 1. The number of ketones is 1. The number of rotatable bonds is 6. The van der Waals surface area contributed by atoms with Crippen molar-refractivity contribution in [2.75, 3.05) is 13.7 Å². The van der Waals surface area contributed by atoms with E-state index in [1.807, 2.05) is 0 Å². The van der Waals surface area contributed by atoms with E-state index in [9.17, 15) is 14.4 Å². The molecule has 2 aromatic carbocycles. The molecule has 1 heterocycles. The molecule has 0 radical (unpaired) electrons. The highest BCUT2D eigenvalue weighted by Gasteiger charge is 2.34. The van der Waals surface area contributed by atoms with Crippen molar-refractivity contribution in [2.24, 2.45) is 0 Å². The molecular weight excluding hydrogens is 364 g/mol. The molecule has 0 N–H and O–H groups in total. The number of ether oxygens (including phenoxy) is 4. The SMILES string of the molecule is CO[C@H]1O[C@H](COC(=O)c2ccccc2)C=C(OC(=O)c2ccccc2)C1=O. The molecule has 0 bridgehead atoms. The minimum atomic E-state index is -1.26. The van der Waals surface area contributed by atoms with Gasteiger partial charge in [0.2, 0.25) is 6.29 Å². The molecule has 28 heavy (non-hydrogen) atoms. The van der Waals surface area contributed by atoms with Gasteiger partial charge in [-0.25, -0.2) is 9.59 Å². The van der Waals surface area contributed by atoms with E-state index in [4.69, 9.17) is 18.9 Å². The minimum absolute atomic E-state index is 0.173. The lowest BCUT2D eigenvalue weighted by Crippen LogP contribution is -2.39. The third-order valence-corrected chi connectivity index (χ3v) is 3.91. The molecule has 0 amide bonds. The lowest BCUT2D eigenvalue weighted by atomic mass is 10.1. The number of benzene rings is 2. The molecule has 0 unspecified atom stereocenters. The number of carbonyl (C=O) groups is 3. The van der Waals surface area contributed by atoms with E-state index >= 15 is 0 Å². The van der Waals surface area contributed by atoms with Crippen LogP contribution in [0.25, 0.3) is 0 Å². The molecule has 0 saturated carbocycles. The summed E-state index contributed by atoms with van der Waals surface area (Å²) in [5.74, 6) is -2.06. The van der Waals surface area contributed by atoms with Gasteiger partial charge >= 0.3 is 11.9 Å². The molecular formula is C21H18O7. The van der Waals surface area contributed by atoms with Crippen LogP contribution in [0.2, 0.25) is 0 Å². The Morgan fingerprint density at radius 3 is 2.07 bits per heavy atom. The van der Waals surface area contributed by atoms with E-state index in [1.54, 1.807) is 60.7 Å². The van der Waals surface area contributed by atoms with Crippen LogP contribution in [0.4, 0.5) is 0 Å². The van der Waals surface area contributed by atoms with E-state index in [0.717, 1.165) is 0 Å². The van der Waals surface area contributed by atoms with E-state index in [0.29, 0.717) is 11.1 Å². The maximum atomic E-state index is 12.3. The van der Waals surface area contributed by atoms with Crippen LogP contribution in [0.1, 0.15) is 20.7 Å². The number of hydrogen-bond acceptors (Lipinski definition) is 7. The van der Waals surface area contributed by atoms with Gasteiger partial charge in [0, 0.05) is 7.11 Å². The predicted octanol–water partition coefficient (Wildman–Crippen LogP) is 2.52. The van der Waals surface area contributed by atoms with Gasteiger partial charge in [-0.1, -0.05) is 36.4 Å². The Labute approximate surface area is 161 Å². The van der Waals surface area contributed by atoms with Gasteiger partial charge in [-0.05, 0) is 30.3 Å². The van der Waals surface area contributed by atoms with Crippen LogP contribution in [0.3, 0.4) is 0 Å². The summed E-state index contributed by atoms with van der Waals surface area (Å²) in [5, 5.41) is 0. The second kappa shape index (κ2) is 9.07. The Morgan fingerprint density at radius 2 is 1.50 bits per heavy atom. The number of carbonyl (C=O) groups excluding carboxylic acids is 3. The second-order valence-corrected chi connectivity index (χ2v) is 5.86. The molecule has 1 aliphatic heterocycles. The smallest absolute Gasteiger partial charge is 0.343 e. The van der Waals surface area contributed by atoms with Crippen LogP contribution in [0.5, 0.6) is 0 Å². The fourth-order valence-electron chi connectivity index (χ4n) is 2.51. The van der Waals surface area contributed by atoms with Crippen molar-refractivity contribution in [3.8, 4) is 0 Å². The van der Waals surface area contributed by atoms with Crippen molar-refractivity contribution in [3.05, 3.63) is 83.6 Å². The third-order valence-electron chi connectivity index (χ3n) is 3.91. The molecule has 0 spiro atoms. The summed E-state index contributed by atoms with van der Waals surface area (Å²) in [6.45, 7) is -0.173. The lowest BCUT2D eigenvalue weighted by Gasteiger charge is -2.26. The van der Waals surface area contributed by atoms with Gasteiger partial charge in [-0.3, -0.25) is 4.79 Å². The Morgan fingerprint density at radius 1 is 0.929 bits per heavy atom. The van der Waals surface area contributed by atoms with E-state index in [1.165, 1.54) is 13.2 Å². The molecule has 2 atom stereocenters. The van der Waals surface area contributed by atoms with Gasteiger partial charge < -0.3 is 18.9 Å². The zero-order valence-electron chi connectivity index (χ0n) is 15.1. The van der Waals surface area contributed by atoms with Crippen molar-refractivity contribution >= 4 is 17.7 Å². The van der Waals surface area contributed by atoms with Gasteiger partial charge in [0.15, 0.2) is 5.76 Å². The zero-order valence-corrected chi connectivity index (χ0v) is 15.1. The monoisotopic (exact) mass is 382 g/mol. The van der Waals surface area contributed by atoms with Crippen LogP contribution in [-0.4, -0.2) is 43.8 Å². The molecule has 0 fully saturated rings. The third kappa shape index (κ3) is 4.70. The van der Waals surface area contributed by atoms with Crippen molar-refractivity contribution in [3.63, 3.8) is 0 Å². The molecule has 0 saturated heterocycles. The molecule has 144 valence electrons. The molecule has 2 aromatic rings. The standard InChI is InChI=1S/C21H18O7/c1-25-21-18(22)17(28-20(24)15-10-6-3-7-11-15)12-16(27-21)13-26-19(23)14-8-4-2-5-9-14/h2-12,16,21H,13H2,1H3/t16-,21-/m0/s1. The molecule has 3 rings (SSSR count). The number of hydrogen-bond donors (Lipinski definition) is 0. The van der Waals surface area contributed by atoms with Crippen molar-refractivity contribution in [1.29, 1.82) is 0 Å². The fourth-order valence-corrected chi connectivity index (χ4v) is 2.51. The normalized spacial score (nSPS) is 18.9. The van der Waals surface area contributed by atoms with Crippen molar-refractivity contribution in [2.45, 2.75) is 12.4 Å². The lowest BCUT2D eigenvalue weighted by molar-refractivity contribution is -0.177. The predicted molar refractivity (Wildman–Crippen MR) is 97.3 cm³/mol. The number of esters is 2. The first-order chi connectivity index (χ1) is 13.6. The molecule has 7 nitrogen and oxygen atoms in total. The summed E-state index contributed by atoms with van der Waals surface area (Å²) >= 11 is 0.